The molecule has 10 heteroatoms. The number of alkyl halides is 3. The zero-order chi connectivity index (χ0) is 18.8. The Balaban J connectivity index is 1.71. The molecule has 1 aromatic rings. The SMILES string of the molecule is CCNC(=NCc1nc(C(F)(F)F)cs1)NCCCOC1CCOCC1. The Morgan fingerprint density at radius 1 is 1.38 bits per heavy atom. The molecule has 0 amide bonds. The Labute approximate surface area is 155 Å². The number of thiazole rings is 1. The van der Waals surface area contributed by atoms with E-state index in [-0.39, 0.29) is 12.6 Å². The first-order valence-electron chi connectivity index (χ1n) is 8.72. The Morgan fingerprint density at radius 3 is 2.81 bits per heavy atom. The summed E-state index contributed by atoms with van der Waals surface area (Å²) in [6.45, 7) is 5.53. The monoisotopic (exact) mass is 394 g/mol. The third-order valence-electron chi connectivity index (χ3n) is 3.69. The van der Waals surface area contributed by atoms with E-state index < -0.39 is 11.9 Å². The van der Waals surface area contributed by atoms with E-state index in [4.69, 9.17) is 9.47 Å². The normalized spacial score (nSPS) is 16.7. The van der Waals surface area contributed by atoms with E-state index in [0.717, 1.165) is 49.2 Å². The third-order valence-corrected chi connectivity index (χ3v) is 4.53. The van der Waals surface area contributed by atoms with Crippen LogP contribution in [0.3, 0.4) is 0 Å². The molecule has 1 aliphatic rings. The number of aliphatic imine (C=N–C) groups is 1. The molecule has 0 radical (unpaired) electrons. The van der Waals surface area contributed by atoms with E-state index in [1.165, 1.54) is 0 Å². The van der Waals surface area contributed by atoms with E-state index in [2.05, 4.69) is 20.6 Å². The maximum Gasteiger partial charge on any atom is 0.434 e. The number of rotatable bonds is 8. The average Bonchev–Trinajstić information content (AvgIpc) is 3.09. The van der Waals surface area contributed by atoms with Crippen LogP contribution in [-0.4, -0.2) is 50.0 Å². The maximum absolute atomic E-state index is 12.6. The molecule has 0 bridgehead atoms. The second-order valence-electron chi connectivity index (χ2n) is 5.78. The van der Waals surface area contributed by atoms with Crippen LogP contribution < -0.4 is 10.6 Å². The fourth-order valence-electron chi connectivity index (χ4n) is 2.37. The Kier molecular flexibility index (Phi) is 8.60. The Hall–Kier alpha value is -1.39. The third kappa shape index (κ3) is 7.46. The van der Waals surface area contributed by atoms with Crippen LogP contribution in [0.15, 0.2) is 10.4 Å². The molecule has 148 valence electrons. The molecule has 2 N–H and O–H groups in total. The van der Waals surface area contributed by atoms with E-state index in [1.807, 2.05) is 6.92 Å². The van der Waals surface area contributed by atoms with Crippen molar-refractivity contribution < 1.29 is 22.6 Å². The average molecular weight is 394 g/mol. The van der Waals surface area contributed by atoms with Gasteiger partial charge in [-0.25, -0.2) is 9.98 Å². The van der Waals surface area contributed by atoms with Crippen molar-refractivity contribution >= 4 is 17.3 Å². The van der Waals surface area contributed by atoms with Crippen LogP contribution in [0.4, 0.5) is 13.2 Å². The van der Waals surface area contributed by atoms with E-state index in [0.29, 0.717) is 30.7 Å². The van der Waals surface area contributed by atoms with Crippen LogP contribution >= 0.6 is 11.3 Å². The van der Waals surface area contributed by atoms with Gasteiger partial charge in [-0.1, -0.05) is 0 Å². The van der Waals surface area contributed by atoms with Crippen molar-refractivity contribution in [1.29, 1.82) is 0 Å². The largest absolute Gasteiger partial charge is 0.434 e. The second kappa shape index (κ2) is 10.7. The number of nitrogens with zero attached hydrogens (tertiary/aromatic N) is 2. The first-order valence-corrected chi connectivity index (χ1v) is 9.60. The predicted molar refractivity (Wildman–Crippen MR) is 94.3 cm³/mol. The first kappa shape index (κ1) is 20.9. The summed E-state index contributed by atoms with van der Waals surface area (Å²) in [6, 6.07) is 0. The number of guanidine groups is 1. The van der Waals surface area contributed by atoms with Gasteiger partial charge in [0.25, 0.3) is 0 Å². The second-order valence-corrected chi connectivity index (χ2v) is 6.72. The van der Waals surface area contributed by atoms with Gasteiger partial charge in [-0.15, -0.1) is 11.3 Å². The maximum atomic E-state index is 12.6. The number of aromatic nitrogens is 1. The fraction of sp³-hybridized carbons (Fsp3) is 0.750. The summed E-state index contributed by atoms with van der Waals surface area (Å²) in [5.41, 5.74) is -0.865. The van der Waals surface area contributed by atoms with Gasteiger partial charge in [-0.05, 0) is 26.2 Å². The van der Waals surface area contributed by atoms with Crippen molar-refractivity contribution in [3.63, 3.8) is 0 Å². The standard InChI is InChI=1S/C16H25F3N4O2S/c1-2-20-15(21-6-3-7-25-12-4-8-24-9-5-12)22-10-14-23-13(11-26-14)16(17,18)19/h11-12H,2-10H2,1H3,(H2,20,21,22). The molecule has 1 fully saturated rings. The number of ether oxygens (including phenoxy) is 2. The van der Waals surface area contributed by atoms with Gasteiger partial charge in [0.05, 0.1) is 12.6 Å². The predicted octanol–water partition coefficient (Wildman–Crippen LogP) is 2.80. The van der Waals surface area contributed by atoms with E-state index >= 15 is 0 Å². The number of hydrogen-bond acceptors (Lipinski definition) is 5. The Bertz CT molecular complexity index is 560. The van der Waals surface area contributed by atoms with Gasteiger partial charge in [0.15, 0.2) is 11.7 Å². The first-order chi connectivity index (χ1) is 12.5. The molecule has 1 aliphatic heterocycles. The molecular formula is C16H25F3N4O2S. The minimum Gasteiger partial charge on any atom is -0.381 e. The van der Waals surface area contributed by atoms with Gasteiger partial charge in [0, 0.05) is 38.3 Å². The molecule has 2 rings (SSSR count). The molecular weight excluding hydrogens is 369 g/mol. The van der Waals surface area contributed by atoms with Crippen molar-refractivity contribution in [3.8, 4) is 0 Å². The number of halogens is 3. The van der Waals surface area contributed by atoms with Crippen molar-refractivity contribution in [3.05, 3.63) is 16.1 Å². The van der Waals surface area contributed by atoms with Crippen LogP contribution in [0.2, 0.25) is 0 Å². The zero-order valence-electron chi connectivity index (χ0n) is 14.8. The summed E-state index contributed by atoms with van der Waals surface area (Å²) in [6.07, 6.45) is -1.45. The topological polar surface area (TPSA) is 67.8 Å². The lowest BCUT2D eigenvalue weighted by molar-refractivity contribution is -0.140. The van der Waals surface area contributed by atoms with Crippen LogP contribution in [0.5, 0.6) is 0 Å². The highest BCUT2D eigenvalue weighted by molar-refractivity contribution is 7.09. The van der Waals surface area contributed by atoms with Crippen molar-refractivity contribution in [2.24, 2.45) is 4.99 Å². The molecule has 0 aliphatic carbocycles. The summed E-state index contributed by atoms with van der Waals surface area (Å²) in [5.74, 6) is 0.558. The summed E-state index contributed by atoms with van der Waals surface area (Å²) in [4.78, 5) is 7.86. The van der Waals surface area contributed by atoms with Crippen LogP contribution in [0.25, 0.3) is 0 Å². The molecule has 1 aromatic heterocycles. The molecule has 0 atom stereocenters. The zero-order valence-corrected chi connectivity index (χ0v) is 15.6. The molecule has 6 nitrogen and oxygen atoms in total. The molecule has 0 spiro atoms. The minimum absolute atomic E-state index is 0.106. The summed E-state index contributed by atoms with van der Waals surface area (Å²) < 4.78 is 48.8. The lowest BCUT2D eigenvalue weighted by atomic mass is 10.1. The van der Waals surface area contributed by atoms with Crippen molar-refractivity contribution in [2.75, 3.05) is 32.9 Å². The van der Waals surface area contributed by atoms with Gasteiger partial charge >= 0.3 is 6.18 Å². The molecule has 0 aromatic carbocycles. The van der Waals surface area contributed by atoms with Gasteiger partial charge in [-0.3, -0.25) is 0 Å². The molecule has 1 saturated heterocycles. The lowest BCUT2D eigenvalue weighted by Gasteiger charge is -2.22. The lowest BCUT2D eigenvalue weighted by Crippen LogP contribution is -2.38. The molecule has 0 saturated carbocycles. The van der Waals surface area contributed by atoms with Crippen LogP contribution in [-0.2, 0) is 22.2 Å². The van der Waals surface area contributed by atoms with Gasteiger partial charge in [0.2, 0.25) is 0 Å². The van der Waals surface area contributed by atoms with Gasteiger partial charge in [0.1, 0.15) is 5.01 Å². The van der Waals surface area contributed by atoms with Gasteiger partial charge in [-0.2, -0.15) is 13.2 Å². The van der Waals surface area contributed by atoms with Crippen molar-refractivity contribution in [2.45, 2.75) is 45.0 Å². The molecule has 26 heavy (non-hydrogen) atoms. The minimum atomic E-state index is -4.41. The van der Waals surface area contributed by atoms with E-state index in [1.54, 1.807) is 0 Å². The highest BCUT2D eigenvalue weighted by Crippen LogP contribution is 2.30. The smallest absolute Gasteiger partial charge is 0.381 e. The van der Waals surface area contributed by atoms with Crippen molar-refractivity contribution in [1.82, 2.24) is 15.6 Å². The summed E-state index contributed by atoms with van der Waals surface area (Å²) in [7, 11) is 0. The van der Waals surface area contributed by atoms with Crippen LogP contribution in [0, 0.1) is 0 Å². The quantitative estimate of drug-likeness (QED) is 0.403. The summed E-state index contributed by atoms with van der Waals surface area (Å²) in [5, 5.41) is 7.56. The highest BCUT2D eigenvalue weighted by atomic mass is 32.1. The van der Waals surface area contributed by atoms with Crippen LogP contribution in [0.1, 0.15) is 36.9 Å². The highest BCUT2D eigenvalue weighted by Gasteiger charge is 2.33. The molecule has 2 heterocycles. The molecule has 0 unspecified atom stereocenters. The Morgan fingerprint density at radius 2 is 2.15 bits per heavy atom. The summed E-state index contributed by atoms with van der Waals surface area (Å²) >= 11 is 0.960. The van der Waals surface area contributed by atoms with Gasteiger partial charge < -0.3 is 20.1 Å². The van der Waals surface area contributed by atoms with E-state index in [9.17, 15) is 13.2 Å². The number of hydrogen-bond donors (Lipinski definition) is 2. The fourth-order valence-corrected chi connectivity index (χ4v) is 3.10. The number of nitrogens with one attached hydrogen (secondary N) is 2.